The summed E-state index contributed by atoms with van der Waals surface area (Å²) in [5, 5.41) is 9.01. The predicted octanol–water partition coefficient (Wildman–Crippen LogP) is 2.26. The van der Waals surface area contributed by atoms with Crippen molar-refractivity contribution in [3.8, 4) is 22.8 Å². The molecule has 1 N–H and O–H groups in total. The van der Waals surface area contributed by atoms with E-state index in [1.165, 1.54) is 0 Å². The number of rotatable bonds is 4. The fraction of sp³-hybridized carbons (Fsp3) is 0.214. The largest absolute Gasteiger partial charge is 0.496 e. The molecule has 1 heterocycles. The Bertz CT molecular complexity index is 501. The Morgan fingerprint density at radius 3 is 2.17 bits per heavy atom. The van der Waals surface area contributed by atoms with Crippen LogP contribution < -0.4 is 9.47 Å². The van der Waals surface area contributed by atoms with Crippen LogP contribution in [0.15, 0.2) is 36.5 Å². The molecule has 0 amide bonds. The highest BCUT2D eigenvalue weighted by molar-refractivity contribution is 5.74. The lowest BCUT2D eigenvalue weighted by molar-refractivity contribution is 0.281. The molecular formula is C14H15NO3. The summed E-state index contributed by atoms with van der Waals surface area (Å²) in [5.74, 6) is 1.41. The molecule has 4 heteroatoms. The second-order valence-electron chi connectivity index (χ2n) is 3.75. The minimum absolute atomic E-state index is 0.0175. The van der Waals surface area contributed by atoms with Crippen LogP contribution in [0.4, 0.5) is 0 Å². The Morgan fingerprint density at radius 2 is 1.72 bits per heavy atom. The molecule has 0 radical (unpaired) electrons. The summed E-state index contributed by atoms with van der Waals surface area (Å²) in [4.78, 5) is 4.32. The number of nitrogens with zero attached hydrogens (tertiary/aromatic N) is 1. The van der Waals surface area contributed by atoms with E-state index in [-0.39, 0.29) is 6.61 Å². The van der Waals surface area contributed by atoms with E-state index in [0.29, 0.717) is 11.5 Å². The molecule has 0 unspecified atom stereocenters. The second-order valence-corrected chi connectivity index (χ2v) is 3.75. The van der Waals surface area contributed by atoms with Crippen LogP contribution in [-0.2, 0) is 6.61 Å². The van der Waals surface area contributed by atoms with Crippen LogP contribution in [0.25, 0.3) is 11.3 Å². The van der Waals surface area contributed by atoms with Crippen molar-refractivity contribution in [1.82, 2.24) is 4.98 Å². The Balaban J connectivity index is 2.53. The molecular weight excluding hydrogens is 230 g/mol. The van der Waals surface area contributed by atoms with Crippen LogP contribution >= 0.6 is 0 Å². The molecule has 4 nitrogen and oxygen atoms in total. The molecule has 94 valence electrons. The number of aromatic nitrogens is 1. The topological polar surface area (TPSA) is 51.6 Å². The minimum atomic E-state index is -0.0175. The number of benzene rings is 1. The molecule has 0 aliphatic heterocycles. The van der Waals surface area contributed by atoms with E-state index >= 15 is 0 Å². The molecule has 1 aromatic heterocycles. The van der Waals surface area contributed by atoms with Gasteiger partial charge < -0.3 is 14.6 Å². The Morgan fingerprint density at radius 1 is 1.06 bits per heavy atom. The monoisotopic (exact) mass is 245 g/mol. The smallest absolute Gasteiger partial charge is 0.132 e. The van der Waals surface area contributed by atoms with Crippen LogP contribution in [0.5, 0.6) is 11.5 Å². The van der Waals surface area contributed by atoms with Crippen LogP contribution in [0.3, 0.4) is 0 Å². The van der Waals surface area contributed by atoms with Gasteiger partial charge in [0.2, 0.25) is 0 Å². The van der Waals surface area contributed by atoms with E-state index in [2.05, 4.69) is 4.98 Å². The van der Waals surface area contributed by atoms with Crippen LogP contribution in [0, 0.1) is 0 Å². The maximum absolute atomic E-state index is 9.01. The zero-order valence-corrected chi connectivity index (χ0v) is 10.4. The third-order valence-corrected chi connectivity index (χ3v) is 2.69. The first-order chi connectivity index (χ1) is 8.80. The normalized spacial score (nSPS) is 10.2. The van der Waals surface area contributed by atoms with Gasteiger partial charge in [0.15, 0.2) is 0 Å². The van der Waals surface area contributed by atoms with Gasteiger partial charge in [-0.15, -0.1) is 0 Å². The third-order valence-electron chi connectivity index (χ3n) is 2.69. The number of hydrogen-bond donors (Lipinski definition) is 1. The molecule has 0 bridgehead atoms. The third kappa shape index (κ3) is 2.28. The minimum Gasteiger partial charge on any atom is -0.496 e. The Hall–Kier alpha value is -2.07. The number of hydrogen-bond acceptors (Lipinski definition) is 4. The maximum atomic E-state index is 9.01. The van der Waals surface area contributed by atoms with E-state index in [1.54, 1.807) is 20.4 Å². The molecule has 0 fully saturated rings. The summed E-state index contributed by atoms with van der Waals surface area (Å²) in [7, 11) is 3.22. The van der Waals surface area contributed by atoms with Gasteiger partial charge in [0, 0.05) is 6.20 Å². The van der Waals surface area contributed by atoms with Crippen LogP contribution in [0.2, 0.25) is 0 Å². The predicted molar refractivity (Wildman–Crippen MR) is 68.7 cm³/mol. The van der Waals surface area contributed by atoms with Gasteiger partial charge in [-0.2, -0.15) is 0 Å². The molecule has 0 spiro atoms. The van der Waals surface area contributed by atoms with Gasteiger partial charge in [-0.05, 0) is 23.8 Å². The number of aliphatic hydroxyl groups excluding tert-OH is 1. The molecule has 0 atom stereocenters. The maximum Gasteiger partial charge on any atom is 0.132 e. The summed E-state index contributed by atoms with van der Waals surface area (Å²) in [5.41, 5.74) is 2.33. The lowest BCUT2D eigenvalue weighted by Crippen LogP contribution is -1.95. The van der Waals surface area contributed by atoms with Crippen molar-refractivity contribution in [3.63, 3.8) is 0 Å². The summed E-state index contributed by atoms with van der Waals surface area (Å²) >= 11 is 0. The van der Waals surface area contributed by atoms with Crippen molar-refractivity contribution >= 4 is 0 Å². The zero-order chi connectivity index (χ0) is 13.0. The zero-order valence-electron chi connectivity index (χ0n) is 10.4. The van der Waals surface area contributed by atoms with Gasteiger partial charge in [0.1, 0.15) is 11.5 Å². The SMILES string of the molecule is COc1cccc(OC)c1-c1ccc(CO)cn1. The van der Waals surface area contributed by atoms with E-state index in [4.69, 9.17) is 14.6 Å². The molecule has 0 aliphatic carbocycles. The van der Waals surface area contributed by atoms with Crippen molar-refractivity contribution in [2.24, 2.45) is 0 Å². The van der Waals surface area contributed by atoms with Crippen molar-refractivity contribution in [2.75, 3.05) is 14.2 Å². The first-order valence-corrected chi connectivity index (χ1v) is 5.57. The fourth-order valence-corrected chi connectivity index (χ4v) is 1.77. The molecule has 1 aromatic carbocycles. The van der Waals surface area contributed by atoms with Crippen molar-refractivity contribution in [2.45, 2.75) is 6.61 Å². The molecule has 2 rings (SSSR count). The first kappa shape index (κ1) is 12.4. The van der Waals surface area contributed by atoms with Crippen molar-refractivity contribution in [3.05, 3.63) is 42.1 Å². The lowest BCUT2D eigenvalue weighted by Gasteiger charge is -2.12. The molecule has 2 aromatic rings. The fourth-order valence-electron chi connectivity index (χ4n) is 1.77. The molecule has 0 aliphatic rings. The lowest BCUT2D eigenvalue weighted by atomic mass is 10.1. The Kier molecular flexibility index (Phi) is 3.79. The highest BCUT2D eigenvalue weighted by Crippen LogP contribution is 2.36. The number of aliphatic hydroxyl groups is 1. The number of methoxy groups -OCH3 is 2. The van der Waals surface area contributed by atoms with Gasteiger partial charge in [0.05, 0.1) is 32.1 Å². The Labute approximate surface area is 106 Å². The van der Waals surface area contributed by atoms with Gasteiger partial charge in [-0.25, -0.2) is 0 Å². The molecule has 0 saturated carbocycles. The summed E-state index contributed by atoms with van der Waals surface area (Å²) < 4.78 is 10.7. The second kappa shape index (κ2) is 5.51. The highest BCUT2D eigenvalue weighted by Gasteiger charge is 2.13. The van der Waals surface area contributed by atoms with E-state index in [9.17, 15) is 0 Å². The van der Waals surface area contributed by atoms with Crippen LogP contribution in [0.1, 0.15) is 5.56 Å². The van der Waals surface area contributed by atoms with Crippen molar-refractivity contribution in [1.29, 1.82) is 0 Å². The summed E-state index contributed by atoms with van der Waals surface area (Å²) in [6, 6.07) is 9.25. The van der Waals surface area contributed by atoms with Crippen LogP contribution in [-0.4, -0.2) is 24.3 Å². The summed E-state index contributed by atoms with van der Waals surface area (Å²) in [6.45, 7) is -0.0175. The summed E-state index contributed by atoms with van der Waals surface area (Å²) in [6.07, 6.45) is 1.64. The van der Waals surface area contributed by atoms with Gasteiger partial charge in [-0.1, -0.05) is 12.1 Å². The van der Waals surface area contributed by atoms with E-state index in [1.807, 2.05) is 30.3 Å². The molecule has 18 heavy (non-hydrogen) atoms. The van der Waals surface area contributed by atoms with Gasteiger partial charge in [-0.3, -0.25) is 4.98 Å². The van der Waals surface area contributed by atoms with E-state index < -0.39 is 0 Å². The van der Waals surface area contributed by atoms with Gasteiger partial charge in [0.25, 0.3) is 0 Å². The number of pyridine rings is 1. The average molecular weight is 245 g/mol. The number of ether oxygens (including phenoxy) is 2. The molecule has 0 saturated heterocycles. The average Bonchev–Trinajstić information content (AvgIpc) is 2.46. The first-order valence-electron chi connectivity index (χ1n) is 5.57. The van der Waals surface area contributed by atoms with E-state index in [0.717, 1.165) is 16.8 Å². The van der Waals surface area contributed by atoms with Crippen molar-refractivity contribution < 1.29 is 14.6 Å². The quantitative estimate of drug-likeness (QED) is 0.897. The highest BCUT2D eigenvalue weighted by atomic mass is 16.5. The van der Waals surface area contributed by atoms with Gasteiger partial charge >= 0.3 is 0 Å². The standard InChI is InChI=1S/C14H15NO3/c1-17-12-4-3-5-13(18-2)14(12)11-7-6-10(9-16)8-15-11/h3-8,16H,9H2,1-2H3.